The Morgan fingerprint density at radius 3 is 2.62 bits per heavy atom. The maximum atomic E-state index is 4.33. The van der Waals surface area contributed by atoms with E-state index in [0.29, 0.717) is 0 Å². The van der Waals surface area contributed by atoms with Crippen molar-refractivity contribution in [2.24, 2.45) is 0 Å². The molecule has 0 bridgehead atoms. The highest BCUT2D eigenvalue weighted by atomic mass is 32.2. The van der Waals surface area contributed by atoms with Gasteiger partial charge in [0.05, 0.1) is 0 Å². The fourth-order valence-electron chi connectivity index (χ4n) is 2.57. The second kappa shape index (κ2) is 6.31. The topological polar surface area (TPSA) is 30.7 Å². The van der Waals surface area contributed by atoms with Crippen LogP contribution in [0, 0.1) is 0 Å². The van der Waals surface area contributed by atoms with E-state index in [9.17, 15) is 0 Å². The third-order valence-corrected chi connectivity index (χ3v) is 4.68. The number of benzene rings is 2. The molecule has 3 rings (SSSR count). The van der Waals surface area contributed by atoms with Gasteiger partial charge in [0.2, 0.25) is 0 Å². The van der Waals surface area contributed by atoms with Crippen LogP contribution in [0.5, 0.6) is 0 Å². The molecule has 0 N–H and O–H groups in total. The maximum absolute atomic E-state index is 4.33. The summed E-state index contributed by atoms with van der Waals surface area (Å²) in [7, 11) is 0. The molecule has 0 fully saturated rings. The minimum Gasteiger partial charge on any atom is -0.306 e. The summed E-state index contributed by atoms with van der Waals surface area (Å²) < 4.78 is 2.20. The molecular formula is C17H19N3S. The Morgan fingerprint density at radius 1 is 1.00 bits per heavy atom. The third kappa shape index (κ3) is 2.81. The number of rotatable bonds is 5. The monoisotopic (exact) mass is 297 g/mol. The lowest BCUT2D eigenvalue weighted by atomic mass is 10.1. The molecule has 0 atom stereocenters. The number of hydrogen-bond donors (Lipinski definition) is 0. The second-order valence-corrected chi connectivity index (χ2v) is 5.87. The molecule has 4 heteroatoms. The molecule has 1 aromatic heterocycles. The molecule has 1 heterocycles. The summed E-state index contributed by atoms with van der Waals surface area (Å²) in [6.07, 6.45) is 0.926. The molecule has 0 saturated heterocycles. The van der Waals surface area contributed by atoms with E-state index < -0.39 is 0 Å². The lowest BCUT2D eigenvalue weighted by Gasteiger charge is -2.08. The number of thioether (sulfide) groups is 1. The Morgan fingerprint density at radius 2 is 1.81 bits per heavy atom. The van der Waals surface area contributed by atoms with Gasteiger partial charge in [0, 0.05) is 18.7 Å². The number of aromatic nitrogens is 3. The highest BCUT2D eigenvalue weighted by Gasteiger charge is 2.10. The van der Waals surface area contributed by atoms with Crippen LogP contribution in [0.3, 0.4) is 0 Å². The lowest BCUT2D eigenvalue weighted by molar-refractivity contribution is 0.647. The average Bonchev–Trinajstić information content (AvgIpc) is 2.94. The zero-order valence-corrected chi connectivity index (χ0v) is 13.2. The number of aryl methyl sites for hydroxylation is 1. The molecule has 0 saturated carbocycles. The molecule has 0 aliphatic heterocycles. The first kappa shape index (κ1) is 14.1. The summed E-state index contributed by atoms with van der Waals surface area (Å²) in [6, 6.07) is 15.0. The van der Waals surface area contributed by atoms with Crippen LogP contribution in [0.2, 0.25) is 0 Å². The van der Waals surface area contributed by atoms with Gasteiger partial charge in [0.1, 0.15) is 5.82 Å². The Labute approximate surface area is 129 Å². The molecule has 0 aliphatic carbocycles. The van der Waals surface area contributed by atoms with Gasteiger partial charge in [0.25, 0.3) is 0 Å². The van der Waals surface area contributed by atoms with Crippen LogP contribution >= 0.6 is 11.8 Å². The predicted octanol–water partition coefficient (Wildman–Crippen LogP) is 4.31. The van der Waals surface area contributed by atoms with Gasteiger partial charge >= 0.3 is 0 Å². The van der Waals surface area contributed by atoms with Crippen LogP contribution < -0.4 is 0 Å². The molecule has 108 valence electrons. The summed E-state index contributed by atoms with van der Waals surface area (Å²) >= 11 is 1.77. The van der Waals surface area contributed by atoms with Gasteiger partial charge in [-0.1, -0.05) is 61.2 Å². The molecule has 2 aromatic carbocycles. The van der Waals surface area contributed by atoms with Gasteiger partial charge in [-0.15, -0.1) is 10.2 Å². The van der Waals surface area contributed by atoms with E-state index in [4.69, 9.17) is 0 Å². The second-order valence-electron chi connectivity index (χ2n) is 4.92. The molecule has 0 unspecified atom stereocenters. The van der Waals surface area contributed by atoms with E-state index in [-0.39, 0.29) is 0 Å². The van der Waals surface area contributed by atoms with E-state index in [1.807, 2.05) is 0 Å². The van der Waals surface area contributed by atoms with E-state index in [0.717, 1.165) is 29.7 Å². The minimum absolute atomic E-state index is 0.920. The molecule has 21 heavy (non-hydrogen) atoms. The van der Waals surface area contributed by atoms with Crippen LogP contribution in [0.15, 0.2) is 47.6 Å². The summed E-state index contributed by atoms with van der Waals surface area (Å²) in [4.78, 5) is 0. The SMILES string of the molecule is CCc1nnc(SCc2cccc3ccccc23)n1CC. The number of hydrogen-bond acceptors (Lipinski definition) is 3. The van der Waals surface area contributed by atoms with Gasteiger partial charge in [0.15, 0.2) is 5.16 Å². The standard InChI is InChI=1S/C17H19N3S/c1-3-16-18-19-17(20(16)4-2)21-12-14-10-7-9-13-8-5-6-11-15(13)14/h5-11H,3-4,12H2,1-2H3. The molecule has 0 spiro atoms. The maximum Gasteiger partial charge on any atom is 0.191 e. The summed E-state index contributed by atoms with van der Waals surface area (Å²) in [5.41, 5.74) is 1.35. The fraction of sp³-hybridized carbons (Fsp3) is 0.294. The van der Waals surface area contributed by atoms with Crippen LogP contribution in [-0.4, -0.2) is 14.8 Å². The van der Waals surface area contributed by atoms with Crippen molar-refractivity contribution in [1.29, 1.82) is 0 Å². The van der Waals surface area contributed by atoms with Crippen LogP contribution in [0.1, 0.15) is 25.2 Å². The van der Waals surface area contributed by atoms with E-state index >= 15 is 0 Å². The van der Waals surface area contributed by atoms with Crippen molar-refractivity contribution >= 4 is 22.5 Å². The van der Waals surface area contributed by atoms with Gasteiger partial charge in [-0.05, 0) is 23.3 Å². The quantitative estimate of drug-likeness (QED) is 0.658. The normalized spacial score (nSPS) is 11.1. The van der Waals surface area contributed by atoms with Crippen molar-refractivity contribution in [3.63, 3.8) is 0 Å². The zero-order chi connectivity index (χ0) is 14.7. The highest BCUT2D eigenvalue weighted by molar-refractivity contribution is 7.98. The van der Waals surface area contributed by atoms with Crippen LogP contribution in [0.4, 0.5) is 0 Å². The summed E-state index contributed by atoms with van der Waals surface area (Å²) in [6.45, 7) is 5.19. The first-order valence-electron chi connectivity index (χ1n) is 7.35. The van der Waals surface area contributed by atoms with Gasteiger partial charge in [-0.2, -0.15) is 0 Å². The van der Waals surface area contributed by atoms with Gasteiger partial charge < -0.3 is 4.57 Å². The lowest BCUT2D eigenvalue weighted by Crippen LogP contribution is -2.02. The van der Waals surface area contributed by atoms with E-state index in [1.54, 1.807) is 11.8 Å². The Bertz CT molecular complexity index is 743. The van der Waals surface area contributed by atoms with Crippen molar-refractivity contribution in [2.45, 2.75) is 37.7 Å². The Balaban J connectivity index is 1.85. The van der Waals surface area contributed by atoms with Crippen molar-refractivity contribution in [2.75, 3.05) is 0 Å². The zero-order valence-electron chi connectivity index (χ0n) is 12.4. The van der Waals surface area contributed by atoms with Crippen molar-refractivity contribution in [1.82, 2.24) is 14.8 Å². The largest absolute Gasteiger partial charge is 0.306 e. The third-order valence-electron chi connectivity index (χ3n) is 3.66. The molecule has 0 radical (unpaired) electrons. The summed E-state index contributed by atoms with van der Waals surface area (Å²) in [5, 5.41) is 12.2. The fourth-order valence-corrected chi connectivity index (χ4v) is 3.59. The molecule has 0 aliphatic rings. The van der Waals surface area contributed by atoms with Crippen molar-refractivity contribution in [3.05, 3.63) is 53.9 Å². The Kier molecular flexibility index (Phi) is 4.25. The summed E-state index contributed by atoms with van der Waals surface area (Å²) in [5.74, 6) is 1.99. The first-order valence-corrected chi connectivity index (χ1v) is 8.33. The minimum atomic E-state index is 0.920. The Hall–Kier alpha value is -1.81. The van der Waals surface area contributed by atoms with Gasteiger partial charge in [-0.3, -0.25) is 0 Å². The van der Waals surface area contributed by atoms with Crippen LogP contribution in [-0.2, 0) is 18.7 Å². The number of nitrogens with zero attached hydrogens (tertiary/aromatic N) is 3. The van der Waals surface area contributed by atoms with Crippen molar-refractivity contribution < 1.29 is 0 Å². The van der Waals surface area contributed by atoms with Gasteiger partial charge in [-0.25, -0.2) is 0 Å². The molecular weight excluding hydrogens is 278 g/mol. The number of fused-ring (bicyclic) bond motifs is 1. The molecule has 3 aromatic rings. The van der Waals surface area contributed by atoms with E-state index in [2.05, 4.69) is 71.1 Å². The average molecular weight is 297 g/mol. The highest BCUT2D eigenvalue weighted by Crippen LogP contribution is 2.26. The predicted molar refractivity (Wildman–Crippen MR) is 88.6 cm³/mol. The van der Waals surface area contributed by atoms with E-state index in [1.165, 1.54) is 16.3 Å². The molecule has 0 amide bonds. The van der Waals surface area contributed by atoms with Crippen LogP contribution in [0.25, 0.3) is 10.8 Å². The van der Waals surface area contributed by atoms with Crippen molar-refractivity contribution in [3.8, 4) is 0 Å². The smallest absolute Gasteiger partial charge is 0.191 e. The molecule has 3 nitrogen and oxygen atoms in total. The first-order chi connectivity index (χ1) is 10.3.